The van der Waals surface area contributed by atoms with Crippen molar-refractivity contribution in [3.05, 3.63) is 53.7 Å². The maximum atomic E-state index is 12.6. The van der Waals surface area contributed by atoms with Gasteiger partial charge in [0.15, 0.2) is 5.71 Å². The number of hydrogen-bond acceptors (Lipinski definition) is 5. The third-order valence-electron chi connectivity index (χ3n) is 3.64. The Balaban J connectivity index is 2.03. The molecular formula is C18H19F3N4O3. The van der Waals surface area contributed by atoms with Crippen molar-refractivity contribution in [3.63, 3.8) is 0 Å². The van der Waals surface area contributed by atoms with E-state index in [9.17, 15) is 18.0 Å². The van der Waals surface area contributed by atoms with E-state index in [4.69, 9.17) is 4.74 Å². The second kappa shape index (κ2) is 9.07. The van der Waals surface area contributed by atoms with Crippen molar-refractivity contribution in [2.45, 2.75) is 13.1 Å². The topological polar surface area (TPSA) is 77.7 Å². The van der Waals surface area contributed by atoms with Crippen molar-refractivity contribution < 1.29 is 27.5 Å². The van der Waals surface area contributed by atoms with Gasteiger partial charge < -0.3 is 14.9 Å². The van der Waals surface area contributed by atoms with Crippen LogP contribution in [0.4, 0.5) is 13.2 Å². The number of amides is 1. The monoisotopic (exact) mass is 396 g/mol. The molecule has 0 saturated heterocycles. The third kappa shape index (κ3) is 5.35. The lowest BCUT2D eigenvalue weighted by Crippen LogP contribution is -2.28. The van der Waals surface area contributed by atoms with Crippen LogP contribution in [0, 0.1) is 0 Å². The van der Waals surface area contributed by atoms with Crippen molar-refractivity contribution in [3.8, 4) is 11.6 Å². The van der Waals surface area contributed by atoms with Gasteiger partial charge in [-0.1, -0.05) is 5.16 Å². The lowest BCUT2D eigenvalue weighted by atomic mass is 10.1. The second-order valence-electron chi connectivity index (χ2n) is 5.54. The first-order valence-electron chi connectivity index (χ1n) is 8.12. The molecule has 1 amide bonds. The van der Waals surface area contributed by atoms with E-state index in [-0.39, 0.29) is 18.2 Å². The van der Waals surface area contributed by atoms with Gasteiger partial charge in [-0.25, -0.2) is 4.68 Å². The molecular weight excluding hydrogens is 377 g/mol. The summed E-state index contributed by atoms with van der Waals surface area (Å²) in [5, 5.41) is 10.3. The van der Waals surface area contributed by atoms with Gasteiger partial charge in [0.2, 0.25) is 5.88 Å². The number of nitrogens with zero attached hydrogens (tertiary/aromatic N) is 3. The molecule has 0 fully saturated rings. The number of benzene rings is 1. The van der Waals surface area contributed by atoms with Crippen LogP contribution in [0.5, 0.6) is 5.88 Å². The summed E-state index contributed by atoms with van der Waals surface area (Å²) in [6, 6.07) is 6.18. The van der Waals surface area contributed by atoms with Crippen molar-refractivity contribution in [1.29, 1.82) is 0 Å². The molecule has 0 unspecified atom stereocenters. The number of ether oxygens (including phenoxy) is 1. The number of alkyl halides is 3. The molecule has 1 aromatic carbocycles. The Labute approximate surface area is 159 Å². The van der Waals surface area contributed by atoms with Crippen LogP contribution in [0.25, 0.3) is 5.69 Å². The molecule has 28 heavy (non-hydrogen) atoms. The summed E-state index contributed by atoms with van der Waals surface area (Å²) < 4.78 is 44.7. The number of nitrogens with one attached hydrogen (secondary N) is 1. The van der Waals surface area contributed by atoms with E-state index in [0.29, 0.717) is 11.3 Å². The number of oxime groups is 1. The van der Waals surface area contributed by atoms with E-state index in [1.54, 1.807) is 25.3 Å². The zero-order valence-electron chi connectivity index (χ0n) is 15.4. The molecule has 2 aromatic rings. The van der Waals surface area contributed by atoms with Crippen LogP contribution < -0.4 is 10.1 Å². The molecule has 0 radical (unpaired) electrons. The fourth-order valence-corrected chi connectivity index (χ4v) is 2.18. The Morgan fingerprint density at radius 1 is 1.29 bits per heavy atom. The number of aromatic nitrogens is 2. The Kier molecular flexibility index (Phi) is 6.80. The minimum atomic E-state index is -4.39. The van der Waals surface area contributed by atoms with Gasteiger partial charge in [-0.05, 0) is 42.8 Å². The summed E-state index contributed by atoms with van der Waals surface area (Å²) in [4.78, 5) is 16.4. The Hall–Kier alpha value is -3.30. The lowest BCUT2D eigenvalue weighted by molar-refractivity contribution is -0.137. The summed E-state index contributed by atoms with van der Waals surface area (Å²) in [7, 11) is 2.81. The summed E-state index contributed by atoms with van der Waals surface area (Å²) in [6.45, 7) is 1.78. The summed E-state index contributed by atoms with van der Waals surface area (Å²) >= 11 is 0. The van der Waals surface area contributed by atoms with E-state index < -0.39 is 17.6 Å². The number of rotatable bonds is 7. The van der Waals surface area contributed by atoms with Crippen LogP contribution in [0.15, 0.2) is 53.3 Å². The summed E-state index contributed by atoms with van der Waals surface area (Å²) in [5.74, 6) is -0.128. The van der Waals surface area contributed by atoms with Crippen molar-refractivity contribution >= 4 is 11.6 Å². The number of hydrogen-bond donors (Lipinski definition) is 1. The fourth-order valence-electron chi connectivity index (χ4n) is 2.18. The predicted molar refractivity (Wildman–Crippen MR) is 96.3 cm³/mol. The molecule has 0 atom stereocenters. The third-order valence-corrected chi connectivity index (χ3v) is 3.64. The second-order valence-corrected chi connectivity index (χ2v) is 5.54. The lowest BCUT2D eigenvalue weighted by Gasteiger charge is -2.07. The maximum absolute atomic E-state index is 12.6. The molecule has 0 spiro atoms. The van der Waals surface area contributed by atoms with Gasteiger partial charge in [0.05, 0.1) is 11.3 Å². The average Bonchev–Trinajstić information content (AvgIpc) is 3.13. The highest BCUT2D eigenvalue weighted by atomic mass is 19.4. The standard InChI is InChI=1S/C18H19F3N4O3/c1-12(16(24-27-3)17(26)22-2)9-11-28-15-8-10-25(23-15)14-6-4-13(5-7-14)18(19,20)21/h4-10H,11H2,1-3H3,(H,22,26)/b12-9+,24-16+. The highest BCUT2D eigenvalue weighted by Gasteiger charge is 2.30. The van der Waals surface area contributed by atoms with E-state index in [1.165, 1.54) is 31.0 Å². The van der Waals surface area contributed by atoms with E-state index >= 15 is 0 Å². The van der Waals surface area contributed by atoms with Crippen LogP contribution >= 0.6 is 0 Å². The van der Waals surface area contributed by atoms with Crippen molar-refractivity contribution in [2.24, 2.45) is 5.16 Å². The average molecular weight is 396 g/mol. The van der Waals surface area contributed by atoms with Gasteiger partial charge in [0.1, 0.15) is 13.7 Å². The molecule has 1 N–H and O–H groups in total. The molecule has 1 aromatic heterocycles. The molecule has 10 heteroatoms. The maximum Gasteiger partial charge on any atom is 0.416 e. The van der Waals surface area contributed by atoms with Crippen LogP contribution in [0.3, 0.4) is 0 Å². The first-order valence-corrected chi connectivity index (χ1v) is 8.12. The Bertz CT molecular complexity index is 871. The van der Waals surface area contributed by atoms with Crippen LogP contribution in [-0.4, -0.2) is 42.2 Å². The molecule has 0 aliphatic rings. The fraction of sp³-hybridized carbons (Fsp3) is 0.278. The van der Waals surface area contributed by atoms with Crippen LogP contribution in [0.1, 0.15) is 12.5 Å². The zero-order valence-corrected chi connectivity index (χ0v) is 15.4. The van der Waals surface area contributed by atoms with E-state index in [2.05, 4.69) is 20.4 Å². The highest BCUT2D eigenvalue weighted by Crippen LogP contribution is 2.29. The summed E-state index contributed by atoms with van der Waals surface area (Å²) in [6.07, 6.45) is -1.19. The van der Waals surface area contributed by atoms with Gasteiger partial charge in [0, 0.05) is 19.3 Å². The molecule has 150 valence electrons. The Morgan fingerprint density at radius 3 is 2.54 bits per heavy atom. The number of carbonyl (C=O) groups excluding carboxylic acids is 1. The first-order chi connectivity index (χ1) is 13.3. The minimum Gasteiger partial charge on any atom is -0.472 e. The molecule has 0 aliphatic heterocycles. The molecule has 0 saturated carbocycles. The normalized spacial score (nSPS) is 12.6. The van der Waals surface area contributed by atoms with E-state index in [0.717, 1.165) is 12.1 Å². The molecule has 7 nitrogen and oxygen atoms in total. The van der Waals surface area contributed by atoms with Gasteiger partial charge in [-0.3, -0.25) is 4.79 Å². The van der Waals surface area contributed by atoms with Gasteiger partial charge in [-0.15, -0.1) is 5.10 Å². The van der Waals surface area contributed by atoms with Crippen LogP contribution in [-0.2, 0) is 15.8 Å². The molecule has 2 rings (SSSR count). The van der Waals surface area contributed by atoms with Crippen LogP contribution in [0.2, 0.25) is 0 Å². The van der Waals surface area contributed by atoms with Gasteiger partial charge in [-0.2, -0.15) is 13.2 Å². The minimum absolute atomic E-state index is 0.107. The molecule has 1 heterocycles. The Morgan fingerprint density at radius 2 is 1.96 bits per heavy atom. The number of carbonyl (C=O) groups is 1. The highest BCUT2D eigenvalue weighted by molar-refractivity contribution is 6.44. The first kappa shape index (κ1) is 21.0. The zero-order chi connectivity index (χ0) is 20.7. The van der Waals surface area contributed by atoms with Crippen molar-refractivity contribution in [2.75, 3.05) is 20.8 Å². The SMILES string of the molecule is CNC(=O)C(=N/OC)/C(C)=C/COc1ccn(-c2ccc(C(F)(F)F)cc2)n1. The van der Waals surface area contributed by atoms with E-state index in [1.807, 2.05) is 0 Å². The molecule has 0 bridgehead atoms. The van der Waals surface area contributed by atoms with Gasteiger partial charge >= 0.3 is 6.18 Å². The van der Waals surface area contributed by atoms with Gasteiger partial charge in [0.25, 0.3) is 5.91 Å². The molecule has 0 aliphatic carbocycles. The smallest absolute Gasteiger partial charge is 0.416 e. The summed E-state index contributed by atoms with van der Waals surface area (Å²) in [5.41, 5.74) is 0.390. The number of halogens is 3. The largest absolute Gasteiger partial charge is 0.472 e. The predicted octanol–water partition coefficient (Wildman–Crippen LogP) is 2.96. The quantitative estimate of drug-likeness (QED) is 0.577. The van der Waals surface area contributed by atoms with Crippen molar-refractivity contribution in [1.82, 2.24) is 15.1 Å².